The zero-order valence-electron chi connectivity index (χ0n) is 5.78. The van der Waals surface area contributed by atoms with Gasteiger partial charge in [0.1, 0.15) is 0 Å². The van der Waals surface area contributed by atoms with Crippen molar-refractivity contribution >= 4 is 25.2 Å². The minimum atomic E-state index is -2.36. The molecule has 5 heteroatoms. The number of carbonyl (C=O) groups is 1. The third-order valence-electron chi connectivity index (χ3n) is 1.25. The monoisotopic (exact) mass is 194 g/mol. The Hall–Kier alpha value is -0.610. The van der Waals surface area contributed by atoms with Gasteiger partial charge in [-0.3, -0.25) is 0 Å². The summed E-state index contributed by atoms with van der Waals surface area (Å²) in [5.41, 5.74) is 0. The Labute approximate surface area is 70.1 Å². The fourth-order valence-electron chi connectivity index (χ4n) is 0.726. The molecule has 0 saturated carbocycles. The van der Waals surface area contributed by atoms with Crippen LogP contribution in [0.1, 0.15) is 0 Å². The van der Waals surface area contributed by atoms with E-state index in [1.165, 1.54) is 12.5 Å². The fraction of sp³-hybridized carbons (Fsp3) is 0.167. The minimum Gasteiger partial charge on any atom is -0.490 e. The molecule has 1 atom stereocenters. The molecule has 1 aliphatic heterocycles. The summed E-state index contributed by atoms with van der Waals surface area (Å²) >= 11 is 0. The molecule has 0 aromatic heterocycles. The number of hydrogen-bond acceptors (Lipinski definition) is 2. The highest BCUT2D eigenvalue weighted by Crippen LogP contribution is 2.64. The Kier molecular flexibility index (Phi) is 2.15. The molecule has 0 spiro atoms. The average Bonchev–Trinajstić information content (AvgIpc) is 2.32. The van der Waals surface area contributed by atoms with Gasteiger partial charge in [0.05, 0.1) is 7.11 Å². The molecule has 0 saturated heterocycles. The molecular formula is C6H7ClO3S. The number of ether oxygens (including phenoxy) is 1. The minimum absolute atomic E-state index is 0.326. The first-order valence-corrected chi connectivity index (χ1v) is 5.32. The summed E-state index contributed by atoms with van der Waals surface area (Å²) in [6, 6.07) is 0. The first-order chi connectivity index (χ1) is 5.11. The lowest BCUT2D eigenvalue weighted by Crippen LogP contribution is -2.02. The van der Waals surface area contributed by atoms with Gasteiger partial charge in [-0.05, 0) is 22.2 Å². The molecule has 0 aromatic carbocycles. The summed E-state index contributed by atoms with van der Waals surface area (Å²) in [4.78, 5) is 10.6. The van der Waals surface area contributed by atoms with Crippen molar-refractivity contribution in [1.29, 1.82) is 0 Å². The molecule has 1 N–H and O–H groups in total. The summed E-state index contributed by atoms with van der Waals surface area (Å²) in [6.07, 6.45) is 3.16. The second-order valence-electron chi connectivity index (χ2n) is 1.87. The molecule has 3 nitrogen and oxygen atoms in total. The molecule has 1 heterocycles. The van der Waals surface area contributed by atoms with Crippen molar-refractivity contribution in [1.82, 2.24) is 0 Å². The van der Waals surface area contributed by atoms with Gasteiger partial charge in [0.2, 0.25) is 0 Å². The Morgan fingerprint density at radius 2 is 2.45 bits per heavy atom. The normalized spacial score (nSPS) is 34.2. The van der Waals surface area contributed by atoms with E-state index in [1.807, 2.05) is 0 Å². The summed E-state index contributed by atoms with van der Waals surface area (Å²) in [5.74, 6) is 0. The Bertz CT molecular complexity index is 248. The van der Waals surface area contributed by atoms with Crippen LogP contribution >= 0.6 is 19.9 Å². The predicted octanol–water partition coefficient (Wildman–Crippen LogP) is 2.64. The second kappa shape index (κ2) is 2.79. The molecule has 1 unspecified atom stereocenters. The van der Waals surface area contributed by atoms with Crippen LogP contribution in [0.15, 0.2) is 22.7 Å². The van der Waals surface area contributed by atoms with Gasteiger partial charge >= 0.3 is 5.30 Å². The van der Waals surface area contributed by atoms with Crippen molar-refractivity contribution in [2.45, 2.75) is 0 Å². The summed E-state index contributed by atoms with van der Waals surface area (Å²) in [5, 5.41) is 9.45. The maximum atomic E-state index is 10.6. The largest absolute Gasteiger partial charge is 0.490 e. The molecule has 0 bridgehead atoms. The van der Waals surface area contributed by atoms with Gasteiger partial charge in [-0.15, -0.1) is 0 Å². The maximum Gasteiger partial charge on any atom is 0.370 e. The highest BCUT2D eigenvalue weighted by molar-refractivity contribution is 8.65. The van der Waals surface area contributed by atoms with Crippen LogP contribution in [0.3, 0.4) is 0 Å². The van der Waals surface area contributed by atoms with Crippen LogP contribution in [-0.2, 0) is 4.74 Å². The lowest BCUT2D eigenvalue weighted by atomic mass is 10.6. The van der Waals surface area contributed by atoms with E-state index in [1.54, 1.807) is 12.2 Å². The second-order valence-corrected chi connectivity index (χ2v) is 5.51. The highest BCUT2D eigenvalue weighted by Gasteiger charge is 2.35. The van der Waals surface area contributed by atoms with Crippen molar-refractivity contribution in [3.8, 4) is 0 Å². The lowest BCUT2D eigenvalue weighted by molar-refractivity contribution is 0.221. The molecule has 0 amide bonds. The zero-order valence-corrected chi connectivity index (χ0v) is 7.35. The van der Waals surface area contributed by atoms with Crippen molar-refractivity contribution in [3.05, 3.63) is 22.7 Å². The van der Waals surface area contributed by atoms with Crippen LogP contribution in [0, 0.1) is 0 Å². The average molecular weight is 195 g/mol. The van der Waals surface area contributed by atoms with E-state index in [0.29, 0.717) is 5.09 Å². The number of carboxylic acid groups (broad SMARTS) is 1. The summed E-state index contributed by atoms with van der Waals surface area (Å²) in [6.45, 7) is 0. The van der Waals surface area contributed by atoms with Gasteiger partial charge in [-0.25, -0.2) is 4.79 Å². The van der Waals surface area contributed by atoms with Gasteiger partial charge in [-0.2, -0.15) is 0 Å². The highest BCUT2D eigenvalue weighted by atomic mass is 35.7. The van der Waals surface area contributed by atoms with Gasteiger partial charge in [0.25, 0.3) is 0 Å². The number of methoxy groups -OCH3 is 1. The number of hydrogen-bond donors (Lipinski definition) is 1. The molecule has 0 aliphatic carbocycles. The Morgan fingerprint density at radius 1 is 1.82 bits per heavy atom. The Balaban J connectivity index is 2.96. The quantitative estimate of drug-likeness (QED) is 0.698. The maximum absolute atomic E-state index is 10.6. The van der Waals surface area contributed by atoms with Crippen LogP contribution in [0.4, 0.5) is 4.79 Å². The van der Waals surface area contributed by atoms with E-state index in [-0.39, 0.29) is 0 Å². The van der Waals surface area contributed by atoms with Crippen molar-refractivity contribution in [2.75, 3.05) is 7.11 Å². The molecule has 11 heavy (non-hydrogen) atoms. The third-order valence-corrected chi connectivity index (χ3v) is 4.34. The van der Waals surface area contributed by atoms with E-state index in [9.17, 15) is 4.79 Å². The van der Waals surface area contributed by atoms with Crippen LogP contribution in [0.2, 0.25) is 0 Å². The van der Waals surface area contributed by atoms with Crippen LogP contribution in [0.25, 0.3) is 0 Å². The predicted molar refractivity (Wildman–Crippen MR) is 45.7 cm³/mol. The van der Waals surface area contributed by atoms with Gasteiger partial charge in [-0.1, -0.05) is 6.08 Å². The molecule has 62 valence electrons. The van der Waals surface area contributed by atoms with Crippen LogP contribution in [0.5, 0.6) is 0 Å². The molecule has 1 rings (SSSR count). The molecule has 0 aromatic rings. The first kappa shape index (κ1) is 8.49. The van der Waals surface area contributed by atoms with Crippen molar-refractivity contribution < 1.29 is 14.6 Å². The van der Waals surface area contributed by atoms with Crippen molar-refractivity contribution in [2.24, 2.45) is 0 Å². The number of halogens is 1. The van der Waals surface area contributed by atoms with E-state index < -0.39 is 14.5 Å². The first-order valence-electron chi connectivity index (χ1n) is 2.79. The fourth-order valence-corrected chi connectivity index (χ4v) is 2.48. The summed E-state index contributed by atoms with van der Waals surface area (Å²) < 4.78 is 4.81. The third kappa shape index (κ3) is 1.23. The van der Waals surface area contributed by atoms with Gasteiger partial charge in [0.15, 0.2) is 5.09 Å². The molecule has 0 fully saturated rings. The zero-order chi connectivity index (χ0) is 8.48. The SMILES string of the molecule is COC1=CC=CS1(Cl)C(=O)O. The van der Waals surface area contributed by atoms with Crippen LogP contribution < -0.4 is 0 Å². The molecule has 1 aliphatic rings. The summed E-state index contributed by atoms with van der Waals surface area (Å²) in [7, 11) is 4.82. The number of allylic oxidation sites excluding steroid dienone is 2. The van der Waals surface area contributed by atoms with E-state index in [0.717, 1.165) is 0 Å². The molecular weight excluding hydrogens is 188 g/mol. The van der Waals surface area contributed by atoms with Gasteiger partial charge in [0, 0.05) is 9.24 Å². The van der Waals surface area contributed by atoms with Gasteiger partial charge < -0.3 is 9.84 Å². The van der Waals surface area contributed by atoms with E-state index in [2.05, 4.69) is 0 Å². The Morgan fingerprint density at radius 3 is 2.82 bits per heavy atom. The standard InChI is InChI=1S/C6H7ClO3S/c1-10-5-3-2-4-11(5,7)6(8)9/h2-4H,1H3,(H,8,9). The van der Waals surface area contributed by atoms with E-state index in [4.69, 9.17) is 20.5 Å². The van der Waals surface area contributed by atoms with E-state index >= 15 is 0 Å². The molecule has 0 radical (unpaired) electrons. The van der Waals surface area contributed by atoms with Crippen molar-refractivity contribution in [3.63, 3.8) is 0 Å². The van der Waals surface area contributed by atoms with Crippen LogP contribution in [-0.4, -0.2) is 17.5 Å². The smallest absolute Gasteiger partial charge is 0.370 e. The topological polar surface area (TPSA) is 46.5 Å². The number of rotatable bonds is 1. The lowest BCUT2D eigenvalue weighted by Gasteiger charge is -2.21.